The summed E-state index contributed by atoms with van der Waals surface area (Å²) in [5, 5.41) is 5.69. The predicted molar refractivity (Wildman–Crippen MR) is 100 cm³/mol. The molecule has 0 saturated carbocycles. The Kier molecular flexibility index (Phi) is 5.63. The average Bonchev–Trinajstić information content (AvgIpc) is 3.07. The number of carbonyl (C=O) groups excluding carboxylic acids is 2. The summed E-state index contributed by atoms with van der Waals surface area (Å²) in [6.07, 6.45) is 3.31. The fourth-order valence-electron chi connectivity index (χ4n) is 2.73. The van der Waals surface area contributed by atoms with Gasteiger partial charge in [0.25, 0.3) is 11.8 Å². The van der Waals surface area contributed by atoms with Crippen LogP contribution >= 0.6 is 0 Å². The third kappa shape index (κ3) is 3.91. The van der Waals surface area contributed by atoms with Gasteiger partial charge in [-0.2, -0.15) is 0 Å². The van der Waals surface area contributed by atoms with Gasteiger partial charge in [0.2, 0.25) is 5.82 Å². The van der Waals surface area contributed by atoms with E-state index in [9.17, 15) is 9.59 Å². The van der Waals surface area contributed by atoms with Crippen molar-refractivity contribution in [2.24, 2.45) is 0 Å². The molecule has 3 rings (SSSR count). The predicted octanol–water partition coefficient (Wildman–Crippen LogP) is 2.45. The quantitative estimate of drug-likeness (QED) is 0.687. The van der Waals surface area contributed by atoms with E-state index < -0.39 is 0 Å². The Hall–Kier alpha value is -3.15. The maximum atomic E-state index is 12.6. The lowest BCUT2D eigenvalue weighted by Gasteiger charge is -2.04. The molecule has 0 aliphatic carbocycles. The topological polar surface area (TPSA) is 75.5 Å². The van der Waals surface area contributed by atoms with Crippen molar-refractivity contribution in [3.63, 3.8) is 0 Å². The minimum absolute atomic E-state index is 0.218. The molecule has 0 radical (unpaired) electrons. The molecule has 0 aliphatic rings. The maximum Gasteiger partial charge on any atom is 0.287 e. The minimum atomic E-state index is -0.295. The third-order valence-corrected chi connectivity index (χ3v) is 4.04. The molecule has 26 heavy (non-hydrogen) atoms. The molecule has 134 valence electrons. The molecule has 0 atom stereocenters. The Balaban J connectivity index is 1.76. The van der Waals surface area contributed by atoms with E-state index in [0.717, 1.165) is 18.4 Å². The van der Waals surface area contributed by atoms with E-state index in [1.807, 2.05) is 49.4 Å². The molecule has 0 bridgehead atoms. The zero-order valence-electron chi connectivity index (χ0n) is 14.7. The van der Waals surface area contributed by atoms with E-state index in [2.05, 4.69) is 15.6 Å². The van der Waals surface area contributed by atoms with Gasteiger partial charge in [-0.15, -0.1) is 0 Å². The molecule has 6 nitrogen and oxygen atoms in total. The van der Waals surface area contributed by atoms with Gasteiger partial charge < -0.3 is 10.6 Å². The SMILES string of the molecule is CCCNC(=O)c1nc(C(=O)NCCc2ccccc2)n2ccccc12. The number of nitrogens with zero attached hydrogens (tertiary/aromatic N) is 2. The van der Waals surface area contributed by atoms with Crippen molar-refractivity contribution in [3.05, 3.63) is 71.8 Å². The van der Waals surface area contributed by atoms with E-state index >= 15 is 0 Å². The Bertz CT molecular complexity index is 903. The van der Waals surface area contributed by atoms with Gasteiger partial charge in [-0.3, -0.25) is 14.0 Å². The number of nitrogens with one attached hydrogen (secondary N) is 2. The van der Waals surface area contributed by atoms with Crippen molar-refractivity contribution < 1.29 is 9.59 Å². The molecule has 0 unspecified atom stereocenters. The van der Waals surface area contributed by atoms with Crippen LogP contribution in [-0.2, 0) is 6.42 Å². The zero-order valence-corrected chi connectivity index (χ0v) is 14.7. The Morgan fingerprint density at radius 3 is 2.46 bits per heavy atom. The van der Waals surface area contributed by atoms with Crippen LogP contribution < -0.4 is 10.6 Å². The van der Waals surface area contributed by atoms with Gasteiger partial charge in [-0.25, -0.2) is 4.98 Å². The van der Waals surface area contributed by atoms with Gasteiger partial charge in [-0.05, 0) is 30.5 Å². The number of pyridine rings is 1. The van der Waals surface area contributed by atoms with Crippen molar-refractivity contribution >= 4 is 17.3 Å². The molecule has 2 amide bonds. The molecule has 0 spiro atoms. The molecule has 2 aromatic heterocycles. The van der Waals surface area contributed by atoms with Gasteiger partial charge in [0.05, 0.1) is 5.52 Å². The van der Waals surface area contributed by atoms with E-state index in [0.29, 0.717) is 18.6 Å². The Morgan fingerprint density at radius 1 is 0.962 bits per heavy atom. The fourth-order valence-corrected chi connectivity index (χ4v) is 2.73. The first-order valence-electron chi connectivity index (χ1n) is 8.78. The number of hydrogen-bond donors (Lipinski definition) is 2. The first-order chi connectivity index (χ1) is 12.7. The van der Waals surface area contributed by atoms with Crippen molar-refractivity contribution in [1.29, 1.82) is 0 Å². The number of amides is 2. The molecular weight excluding hydrogens is 328 g/mol. The van der Waals surface area contributed by atoms with Crippen molar-refractivity contribution in [3.8, 4) is 0 Å². The Morgan fingerprint density at radius 2 is 1.69 bits per heavy atom. The van der Waals surface area contributed by atoms with Crippen LogP contribution in [0, 0.1) is 0 Å². The van der Waals surface area contributed by atoms with Crippen LogP contribution in [0.2, 0.25) is 0 Å². The number of carbonyl (C=O) groups is 2. The molecule has 0 saturated heterocycles. The van der Waals surface area contributed by atoms with Crippen LogP contribution in [-0.4, -0.2) is 34.3 Å². The second-order valence-corrected chi connectivity index (χ2v) is 5.99. The van der Waals surface area contributed by atoms with Crippen LogP contribution in [0.25, 0.3) is 5.52 Å². The molecule has 0 aliphatic heterocycles. The number of hydrogen-bond acceptors (Lipinski definition) is 3. The number of fused-ring (bicyclic) bond motifs is 1. The summed E-state index contributed by atoms with van der Waals surface area (Å²) < 4.78 is 1.65. The normalized spacial score (nSPS) is 10.7. The molecule has 2 N–H and O–H groups in total. The Labute approximate surface area is 152 Å². The second kappa shape index (κ2) is 8.29. The standard InChI is InChI=1S/C20H22N4O2/c1-2-12-21-19(25)17-16-10-6-7-14-24(16)18(23-17)20(26)22-13-11-15-8-4-3-5-9-15/h3-10,14H,2,11-13H2,1H3,(H,21,25)(H,22,26). The maximum absolute atomic E-state index is 12.6. The van der Waals surface area contributed by atoms with Gasteiger partial charge >= 0.3 is 0 Å². The number of benzene rings is 1. The van der Waals surface area contributed by atoms with E-state index in [1.165, 1.54) is 0 Å². The lowest BCUT2D eigenvalue weighted by Crippen LogP contribution is -2.28. The number of aromatic nitrogens is 2. The molecule has 6 heteroatoms. The molecule has 0 fully saturated rings. The molecular formula is C20H22N4O2. The highest BCUT2D eigenvalue weighted by molar-refractivity contribution is 6.02. The lowest BCUT2D eigenvalue weighted by molar-refractivity contribution is 0.0943. The smallest absolute Gasteiger partial charge is 0.287 e. The summed E-state index contributed by atoms with van der Waals surface area (Å²) in [5.41, 5.74) is 2.04. The minimum Gasteiger partial charge on any atom is -0.351 e. The van der Waals surface area contributed by atoms with Crippen LogP contribution in [0.1, 0.15) is 40.0 Å². The van der Waals surface area contributed by atoms with Gasteiger partial charge in [0.15, 0.2) is 5.69 Å². The van der Waals surface area contributed by atoms with Gasteiger partial charge in [0, 0.05) is 19.3 Å². The summed E-state index contributed by atoms with van der Waals surface area (Å²) in [5.74, 6) is -0.342. The van der Waals surface area contributed by atoms with Crippen LogP contribution in [0.4, 0.5) is 0 Å². The van der Waals surface area contributed by atoms with E-state index in [-0.39, 0.29) is 23.3 Å². The fraction of sp³-hybridized carbons (Fsp3) is 0.250. The largest absolute Gasteiger partial charge is 0.351 e. The second-order valence-electron chi connectivity index (χ2n) is 5.99. The highest BCUT2D eigenvalue weighted by Gasteiger charge is 2.20. The first kappa shape index (κ1) is 17.7. The zero-order chi connectivity index (χ0) is 18.4. The van der Waals surface area contributed by atoms with E-state index in [4.69, 9.17) is 0 Å². The summed E-state index contributed by atoms with van der Waals surface area (Å²) in [6, 6.07) is 15.4. The summed E-state index contributed by atoms with van der Waals surface area (Å²) in [6.45, 7) is 3.06. The summed E-state index contributed by atoms with van der Waals surface area (Å²) in [4.78, 5) is 29.2. The first-order valence-corrected chi connectivity index (χ1v) is 8.78. The van der Waals surface area contributed by atoms with Crippen molar-refractivity contribution in [2.45, 2.75) is 19.8 Å². The van der Waals surface area contributed by atoms with Crippen molar-refractivity contribution in [2.75, 3.05) is 13.1 Å². The third-order valence-electron chi connectivity index (χ3n) is 4.04. The molecule has 3 aromatic rings. The van der Waals surface area contributed by atoms with Gasteiger partial charge in [-0.1, -0.05) is 43.3 Å². The molecule has 1 aromatic carbocycles. The summed E-state index contributed by atoms with van der Waals surface area (Å²) >= 11 is 0. The van der Waals surface area contributed by atoms with Crippen LogP contribution in [0.3, 0.4) is 0 Å². The van der Waals surface area contributed by atoms with Crippen LogP contribution in [0.15, 0.2) is 54.7 Å². The monoisotopic (exact) mass is 350 g/mol. The number of rotatable bonds is 7. The van der Waals surface area contributed by atoms with E-state index in [1.54, 1.807) is 16.7 Å². The lowest BCUT2D eigenvalue weighted by atomic mass is 10.1. The highest BCUT2D eigenvalue weighted by atomic mass is 16.2. The number of imidazole rings is 1. The molecule has 2 heterocycles. The van der Waals surface area contributed by atoms with Crippen LogP contribution in [0.5, 0.6) is 0 Å². The highest BCUT2D eigenvalue weighted by Crippen LogP contribution is 2.13. The average molecular weight is 350 g/mol. The summed E-state index contributed by atoms with van der Waals surface area (Å²) in [7, 11) is 0. The van der Waals surface area contributed by atoms with Crippen molar-refractivity contribution in [1.82, 2.24) is 20.0 Å². The van der Waals surface area contributed by atoms with Gasteiger partial charge in [0.1, 0.15) is 0 Å².